The lowest BCUT2D eigenvalue weighted by atomic mass is 9.91. The molecule has 1 fully saturated rings. The number of primary amides is 1. The molecule has 7 nitrogen and oxygen atoms in total. The molecular weight excluding hydrogens is 272 g/mol. The van der Waals surface area contributed by atoms with E-state index in [1.165, 1.54) is 0 Å². The summed E-state index contributed by atoms with van der Waals surface area (Å²) >= 11 is 0. The molecule has 1 aliphatic heterocycles. The van der Waals surface area contributed by atoms with Gasteiger partial charge < -0.3 is 15.8 Å². The van der Waals surface area contributed by atoms with Crippen LogP contribution >= 0.6 is 0 Å². The average Bonchev–Trinajstić information content (AvgIpc) is 2.18. The van der Waals surface area contributed by atoms with E-state index in [2.05, 4.69) is 5.32 Å². The smallest absolute Gasteiger partial charge is 0.408 e. The Hall–Kier alpha value is -1.31. The van der Waals surface area contributed by atoms with Gasteiger partial charge in [-0.1, -0.05) is 0 Å². The van der Waals surface area contributed by atoms with Crippen molar-refractivity contribution in [2.45, 2.75) is 44.8 Å². The molecule has 0 radical (unpaired) electrons. The Balaban J connectivity index is 2.80. The Bertz CT molecular complexity index is 464. The number of nitrogens with one attached hydrogen (secondary N) is 1. The zero-order chi connectivity index (χ0) is 14.9. The van der Waals surface area contributed by atoms with Gasteiger partial charge in [0.1, 0.15) is 11.1 Å². The fourth-order valence-electron chi connectivity index (χ4n) is 1.82. The molecule has 1 rings (SSSR count). The predicted molar refractivity (Wildman–Crippen MR) is 69.2 cm³/mol. The van der Waals surface area contributed by atoms with Crippen LogP contribution in [0.2, 0.25) is 0 Å². The summed E-state index contributed by atoms with van der Waals surface area (Å²) in [5.74, 6) is -1.09. The van der Waals surface area contributed by atoms with Crippen molar-refractivity contribution in [1.82, 2.24) is 5.32 Å². The van der Waals surface area contributed by atoms with Gasteiger partial charge in [-0.15, -0.1) is 0 Å². The van der Waals surface area contributed by atoms with Crippen molar-refractivity contribution < 1.29 is 22.7 Å². The number of amides is 2. The molecule has 0 aromatic carbocycles. The van der Waals surface area contributed by atoms with Gasteiger partial charge in [-0.05, 0) is 33.6 Å². The molecule has 0 spiro atoms. The monoisotopic (exact) mass is 292 g/mol. The molecule has 0 saturated carbocycles. The highest BCUT2D eigenvalue weighted by molar-refractivity contribution is 7.91. The highest BCUT2D eigenvalue weighted by Gasteiger charge is 2.44. The van der Waals surface area contributed by atoms with E-state index in [1.807, 2.05) is 0 Å². The maximum absolute atomic E-state index is 11.7. The summed E-state index contributed by atoms with van der Waals surface area (Å²) in [4.78, 5) is 23.3. The number of alkyl carbamates (subject to hydrolysis) is 1. The topological polar surface area (TPSA) is 116 Å². The molecule has 1 saturated heterocycles. The van der Waals surface area contributed by atoms with Crippen molar-refractivity contribution in [2.24, 2.45) is 5.73 Å². The maximum atomic E-state index is 11.7. The lowest BCUT2D eigenvalue weighted by Crippen LogP contribution is -2.61. The van der Waals surface area contributed by atoms with Crippen LogP contribution in [0.5, 0.6) is 0 Å². The van der Waals surface area contributed by atoms with Gasteiger partial charge in [0.2, 0.25) is 5.91 Å². The van der Waals surface area contributed by atoms with Crippen LogP contribution in [0.25, 0.3) is 0 Å². The van der Waals surface area contributed by atoms with Crippen LogP contribution in [-0.4, -0.2) is 43.1 Å². The number of hydrogen-bond donors (Lipinski definition) is 2. The van der Waals surface area contributed by atoms with Crippen molar-refractivity contribution >= 4 is 21.8 Å². The summed E-state index contributed by atoms with van der Waals surface area (Å²) < 4.78 is 27.8. The van der Waals surface area contributed by atoms with Gasteiger partial charge in [0.25, 0.3) is 0 Å². The molecule has 19 heavy (non-hydrogen) atoms. The number of carbonyl (C=O) groups excluding carboxylic acids is 2. The summed E-state index contributed by atoms with van der Waals surface area (Å²) in [7, 11) is -3.16. The van der Waals surface area contributed by atoms with Crippen LogP contribution in [0.15, 0.2) is 0 Å². The first-order chi connectivity index (χ1) is 8.46. The number of hydrogen-bond acceptors (Lipinski definition) is 5. The van der Waals surface area contributed by atoms with E-state index in [-0.39, 0.29) is 24.3 Å². The second kappa shape index (κ2) is 4.99. The molecule has 3 N–H and O–H groups in total. The van der Waals surface area contributed by atoms with Gasteiger partial charge in [-0.25, -0.2) is 13.2 Å². The van der Waals surface area contributed by atoms with E-state index in [0.29, 0.717) is 0 Å². The van der Waals surface area contributed by atoms with E-state index in [4.69, 9.17) is 10.5 Å². The third-order valence-electron chi connectivity index (χ3n) is 2.89. The molecule has 0 aliphatic carbocycles. The van der Waals surface area contributed by atoms with E-state index >= 15 is 0 Å². The van der Waals surface area contributed by atoms with Crippen LogP contribution < -0.4 is 11.1 Å². The highest BCUT2D eigenvalue weighted by Crippen LogP contribution is 2.24. The molecular formula is C11H20N2O5S. The number of rotatable bonds is 2. The Labute approximate surface area is 112 Å². The second-order valence-electron chi connectivity index (χ2n) is 5.73. The summed E-state index contributed by atoms with van der Waals surface area (Å²) in [5, 5.41) is 2.43. The first-order valence-corrected chi connectivity index (χ1v) is 7.79. The van der Waals surface area contributed by atoms with Crippen molar-refractivity contribution in [3.63, 3.8) is 0 Å². The molecule has 2 amide bonds. The number of carbonyl (C=O) groups is 2. The van der Waals surface area contributed by atoms with E-state index in [0.717, 1.165) is 0 Å². The molecule has 0 atom stereocenters. The molecule has 0 unspecified atom stereocenters. The van der Waals surface area contributed by atoms with Gasteiger partial charge in [0.05, 0.1) is 11.5 Å². The summed E-state index contributed by atoms with van der Waals surface area (Å²) in [6, 6.07) is 0. The van der Waals surface area contributed by atoms with E-state index in [1.54, 1.807) is 20.8 Å². The number of ether oxygens (including phenoxy) is 1. The highest BCUT2D eigenvalue weighted by atomic mass is 32.2. The van der Waals surface area contributed by atoms with Crippen molar-refractivity contribution in [3.8, 4) is 0 Å². The Morgan fingerprint density at radius 3 is 2.05 bits per heavy atom. The standard InChI is InChI=1S/C11H20N2O5S/c1-10(2,3)18-9(15)13-11(8(12)14)4-6-19(16,17)7-5-11/h4-7H2,1-3H3,(H2,12,14)(H,13,15). The van der Waals surface area contributed by atoms with Gasteiger partial charge in [0.15, 0.2) is 9.84 Å². The zero-order valence-electron chi connectivity index (χ0n) is 11.4. The maximum Gasteiger partial charge on any atom is 0.408 e. The summed E-state index contributed by atoms with van der Waals surface area (Å²) in [5.41, 5.74) is 3.25. The molecule has 1 aliphatic rings. The Kier molecular flexibility index (Phi) is 4.14. The lowest BCUT2D eigenvalue weighted by Gasteiger charge is -2.35. The van der Waals surface area contributed by atoms with Gasteiger partial charge >= 0.3 is 6.09 Å². The van der Waals surface area contributed by atoms with Gasteiger partial charge in [-0.2, -0.15) is 0 Å². The van der Waals surface area contributed by atoms with Crippen molar-refractivity contribution in [2.75, 3.05) is 11.5 Å². The summed E-state index contributed by atoms with van der Waals surface area (Å²) in [6.07, 6.45) is -0.820. The quantitative estimate of drug-likeness (QED) is 0.740. The van der Waals surface area contributed by atoms with Crippen molar-refractivity contribution in [1.29, 1.82) is 0 Å². The fourth-order valence-corrected chi connectivity index (χ4v) is 3.34. The summed E-state index contributed by atoms with van der Waals surface area (Å²) in [6.45, 7) is 5.07. The van der Waals surface area contributed by atoms with Crippen LogP contribution in [0.1, 0.15) is 33.6 Å². The fraction of sp³-hybridized carbons (Fsp3) is 0.818. The molecule has 1 heterocycles. The second-order valence-corrected chi connectivity index (χ2v) is 8.03. The van der Waals surface area contributed by atoms with Gasteiger partial charge in [0, 0.05) is 0 Å². The molecule has 0 aromatic heterocycles. The third-order valence-corrected chi connectivity index (χ3v) is 4.54. The molecule has 0 bridgehead atoms. The normalized spacial score (nSPS) is 21.4. The average molecular weight is 292 g/mol. The number of sulfone groups is 1. The minimum Gasteiger partial charge on any atom is -0.444 e. The van der Waals surface area contributed by atoms with Crippen LogP contribution in [-0.2, 0) is 19.4 Å². The largest absolute Gasteiger partial charge is 0.444 e. The van der Waals surface area contributed by atoms with Crippen LogP contribution in [0.3, 0.4) is 0 Å². The minimum absolute atomic E-state index is 0.0239. The van der Waals surface area contributed by atoms with Gasteiger partial charge in [-0.3, -0.25) is 4.79 Å². The Morgan fingerprint density at radius 2 is 1.68 bits per heavy atom. The minimum atomic E-state index is -3.16. The van der Waals surface area contributed by atoms with Crippen LogP contribution in [0.4, 0.5) is 4.79 Å². The Morgan fingerprint density at radius 1 is 1.21 bits per heavy atom. The first kappa shape index (κ1) is 15.7. The SMILES string of the molecule is CC(C)(C)OC(=O)NC1(C(N)=O)CCS(=O)(=O)CC1. The molecule has 110 valence electrons. The van der Waals surface area contributed by atoms with E-state index in [9.17, 15) is 18.0 Å². The van der Waals surface area contributed by atoms with Crippen molar-refractivity contribution in [3.05, 3.63) is 0 Å². The molecule has 8 heteroatoms. The predicted octanol–water partition coefficient (Wildman–Crippen LogP) is -0.0562. The lowest BCUT2D eigenvalue weighted by molar-refractivity contribution is -0.124. The van der Waals surface area contributed by atoms with Crippen LogP contribution in [0, 0.1) is 0 Å². The zero-order valence-corrected chi connectivity index (χ0v) is 12.2. The number of nitrogens with two attached hydrogens (primary N) is 1. The van der Waals surface area contributed by atoms with E-state index < -0.39 is 33.0 Å². The first-order valence-electron chi connectivity index (χ1n) is 5.97. The third kappa shape index (κ3) is 4.38. The molecule has 0 aromatic rings.